The van der Waals surface area contributed by atoms with Crippen LogP contribution in [0, 0.1) is 0 Å². The van der Waals surface area contributed by atoms with Crippen LogP contribution in [-0.2, 0) is 28.6 Å². The average Bonchev–Trinajstić information content (AvgIpc) is 3.45. The Morgan fingerprint density at radius 3 is 0.823 bits per heavy atom. The van der Waals surface area contributed by atoms with E-state index in [0.717, 1.165) is 103 Å². The molecule has 0 aliphatic rings. The molecule has 6 nitrogen and oxygen atoms in total. The Balaban J connectivity index is 4.31. The average molecular weight is 1100 g/mol. The van der Waals surface area contributed by atoms with Gasteiger partial charge in [0.2, 0.25) is 0 Å². The van der Waals surface area contributed by atoms with Crippen molar-refractivity contribution in [2.45, 2.75) is 348 Å². The fourth-order valence-corrected chi connectivity index (χ4v) is 9.81. The minimum absolute atomic E-state index is 0.101. The highest BCUT2D eigenvalue weighted by Gasteiger charge is 2.19. The lowest BCUT2D eigenvalue weighted by atomic mass is 10.0. The molecule has 79 heavy (non-hydrogen) atoms. The Morgan fingerprint density at radius 1 is 0.266 bits per heavy atom. The summed E-state index contributed by atoms with van der Waals surface area (Å²) in [5.41, 5.74) is 0. The smallest absolute Gasteiger partial charge is 0.306 e. The largest absolute Gasteiger partial charge is 0.462 e. The summed E-state index contributed by atoms with van der Waals surface area (Å²) < 4.78 is 16.9. The highest BCUT2D eigenvalue weighted by Crippen LogP contribution is 2.18. The number of rotatable bonds is 62. The van der Waals surface area contributed by atoms with E-state index >= 15 is 0 Å². The van der Waals surface area contributed by atoms with Gasteiger partial charge in [-0.2, -0.15) is 0 Å². The summed E-state index contributed by atoms with van der Waals surface area (Å²) in [6.45, 7) is 6.49. The number of hydrogen-bond acceptors (Lipinski definition) is 6. The number of allylic oxidation sites excluding steroid dienone is 14. The van der Waals surface area contributed by atoms with Gasteiger partial charge >= 0.3 is 17.9 Å². The van der Waals surface area contributed by atoms with Gasteiger partial charge in [-0.25, -0.2) is 0 Å². The van der Waals surface area contributed by atoms with E-state index < -0.39 is 6.10 Å². The maximum absolute atomic E-state index is 12.9. The number of unbranched alkanes of at least 4 members (excludes halogenated alkanes) is 37. The summed E-state index contributed by atoms with van der Waals surface area (Å²) in [5.74, 6) is -0.960. The third-order valence-electron chi connectivity index (χ3n) is 14.9. The van der Waals surface area contributed by atoms with E-state index in [-0.39, 0.29) is 37.5 Å². The lowest BCUT2D eigenvalue weighted by molar-refractivity contribution is -0.167. The van der Waals surface area contributed by atoms with Crippen LogP contribution in [0.2, 0.25) is 0 Å². The molecule has 1 atom stereocenters. The molecule has 6 heteroatoms. The molecule has 0 aromatic heterocycles. The molecule has 0 rings (SSSR count). The molecule has 0 aliphatic carbocycles. The van der Waals surface area contributed by atoms with Crippen molar-refractivity contribution in [1.29, 1.82) is 0 Å². The van der Waals surface area contributed by atoms with Crippen molar-refractivity contribution in [3.05, 3.63) is 85.1 Å². The van der Waals surface area contributed by atoms with E-state index in [1.54, 1.807) is 0 Å². The molecule has 0 heterocycles. The van der Waals surface area contributed by atoms with Gasteiger partial charge in [0.15, 0.2) is 6.10 Å². The molecule has 0 amide bonds. The second-order valence-corrected chi connectivity index (χ2v) is 22.7. The van der Waals surface area contributed by atoms with Gasteiger partial charge in [-0.3, -0.25) is 14.4 Å². The second-order valence-electron chi connectivity index (χ2n) is 22.7. The topological polar surface area (TPSA) is 78.9 Å². The van der Waals surface area contributed by atoms with Crippen molar-refractivity contribution in [3.8, 4) is 0 Å². The highest BCUT2D eigenvalue weighted by molar-refractivity contribution is 5.71. The van der Waals surface area contributed by atoms with Crippen LogP contribution >= 0.6 is 0 Å². The molecule has 0 spiro atoms. The summed E-state index contributed by atoms with van der Waals surface area (Å²) in [4.78, 5) is 38.3. The molecule has 0 aliphatic heterocycles. The monoisotopic (exact) mass is 1100 g/mol. The van der Waals surface area contributed by atoms with Gasteiger partial charge in [0, 0.05) is 19.3 Å². The number of carbonyl (C=O) groups excluding carboxylic acids is 3. The second kappa shape index (κ2) is 67.1. The lowest BCUT2D eigenvalue weighted by Gasteiger charge is -2.18. The van der Waals surface area contributed by atoms with Crippen molar-refractivity contribution in [2.24, 2.45) is 0 Å². The Kier molecular flexibility index (Phi) is 64.2. The SMILES string of the molecule is CC/C=C\C/C=C\C/C=C\C/C=C\C/C=C\CCCC(=O)OC(COC(=O)CCCCCCC/C=C\C/C=C\CCCCCC)COC(=O)CCCCCCCCCCCCCCCCCCCCCCCCCCCCCC. The summed E-state index contributed by atoms with van der Waals surface area (Å²) in [5, 5.41) is 0. The van der Waals surface area contributed by atoms with Crippen molar-refractivity contribution in [2.75, 3.05) is 13.2 Å². The molecule has 0 saturated heterocycles. The molecule has 0 N–H and O–H groups in total. The van der Waals surface area contributed by atoms with E-state index in [1.165, 1.54) is 193 Å². The van der Waals surface area contributed by atoms with Crippen LogP contribution in [-0.4, -0.2) is 37.2 Å². The Bertz CT molecular complexity index is 1500. The number of carbonyl (C=O) groups is 3. The van der Waals surface area contributed by atoms with Gasteiger partial charge in [0.1, 0.15) is 13.2 Å². The van der Waals surface area contributed by atoms with Crippen LogP contribution < -0.4 is 0 Å². The third-order valence-corrected chi connectivity index (χ3v) is 14.9. The summed E-state index contributed by atoms with van der Waals surface area (Å²) >= 11 is 0. The van der Waals surface area contributed by atoms with Crippen molar-refractivity contribution in [3.63, 3.8) is 0 Å². The molecule has 1 unspecified atom stereocenters. The number of hydrogen-bond donors (Lipinski definition) is 0. The molecular weight excluding hydrogens is 973 g/mol. The minimum Gasteiger partial charge on any atom is -0.462 e. The zero-order chi connectivity index (χ0) is 57.1. The molecule has 0 saturated carbocycles. The van der Waals surface area contributed by atoms with Gasteiger partial charge in [-0.05, 0) is 89.9 Å². The van der Waals surface area contributed by atoms with Crippen molar-refractivity contribution < 1.29 is 28.6 Å². The van der Waals surface area contributed by atoms with Gasteiger partial charge in [0.25, 0.3) is 0 Å². The van der Waals surface area contributed by atoms with Crippen LogP contribution in [0.3, 0.4) is 0 Å². The summed E-state index contributed by atoms with van der Waals surface area (Å²) in [6, 6.07) is 0. The molecular formula is C73H128O6. The van der Waals surface area contributed by atoms with Crippen LogP contribution in [0.15, 0.2) is 85.1 Å². The number of esters is 3. The first-order chi connectivity index (χ1) is 39.0. The fraction of sp³-hybridized carbons (Fsp3) is 0.767. The highest BCUT2D eigenvalue weighted by atomic mass is 16.6. The fourth-order valence-electron chi connectivity index (χ4n) is 9.81. The first kappa shape index (κ1) is 75.6. The van der Waals surface area contributed by atoms with Gasteiger partial charge < -0.3 is 14.2 Å². The first-order valence-electron chi connectivity index (χ1n) is 34.1. The van der Waals surface area contributed by atoms with Crippen LogP contribution in [0.5, 0.6) is 0 Å². The van der Waals surface area contributed by atoms with E-state index in [0.29, 0.717) is 19.3 Å². The molecule has 0 aromatic rings. The Morgan fingerprint density at radius 2 is 0.506 bits per heavy atom. The lowest BCUT2D eigenvalue weighted by Crippen LogP contribution is -2.30. The van der Waals surface area contributed by atoms with E-state index in [1.807, 2.05) is 0 Å². The minimum atomic E-state index is -0.813. The zero-order valence-corrected chi connectivity index (χ0v) is 52.4. The number of ether oxygens (including phenoxy) is 3. The van der Waals surface area contributed by atoms with Gasteiger partial charge in [-0.1, -0.05) is 318 Å². The molecule has 0 bridgehead atoms. The molecule has 0 radical (unpaired) electrons. The van der Waals surface area contributed by atoms with Gasteiger partial charge in [-0.15, -0.1) is 0 Å². The summed E-state index contributed by atoms with van der Waals surface area (Å²) in [7, 11) is 0. The van der Waals surface area contributed by atoms with E-state index in [4.69, 9.17) is 14.2 Å². The van der Waals surface area contributed by atoms with Crippen LogP contribution in [0.1, 0.15) is 342 Å². The molecule has 456 valence electrons. The molecule has 0 fully saturated rings. The molecule has 0 aromatic carbocycles. The van der Waals surface area contributed by atoms with Crippen LogP contribution in [0.4, 0.5) is 0 Å². The maximum Gasteiger partial charge on any atom is 0.306 e. The van der Waals surface area contributed by atoms with E-state index in [9.17, 15) is 14.4 Å². The zero-order valence-electron chi connectivity index (χ0n) is 52.4. The van der Waals surface area contributed by atoms with Gasteiger partial charge in [0.05, 0.1) is 0 Å². The summed E-state index contributed by atoms with van der Waals surface area (Å²) in [6.07, 6.45) is 89.1. The van der Waals surface area contributed by atoms with Crippen LogP contribution in [0.25, 0.3) is 0 Å². The predicted molar refractivity (Wildman–Crippen MR) is 344 cm³/mol. The Hall–Kier alpha value is -3.41. The normalized spacial score (nSPS) is 12.6. The first-order valence-corrected chi connectivity index (χ1v) is 34.1. The quantitative estimate of drug-likeness (QED) is 0.0261. The Labute approximate surface area is 490 Å². The maximum atomic E-state index is 12.9. The third kappa shape index (κ3) is 65.3. The van der Waals surface area contributed by atoms with E-state index in [2.05, 4.69) is 106 Å². The van der Waals surface area contributed by atoms with Crippen molar-refractivity contribution >= 4 is 17.9 Å². The predicted octanol–water partition coefficient (Wildman–Crippen LogP) is 23.4. The van der Waals surface area contributed by atoms with Crippen molar-refractivity contribution in [1.82, 2.24) is 0 Å². The standard InChI is InChI=1S/C73H128O6/c1-4-7-10-13-16-19-22-25-28-31-32-33-34-35-36-37-38-39-40-41-43-45-48-51-54-57-60-63-66-72(75)78-69-70(68-77-71(74)65-62-59-56-53-50-47-44-30-27-24-21-18-15-12-9-6-3)79-73(76)67-64-61-58-55-52-49-46-42-29-26-23-20-17-14-11-8-5-2/h8,11,17,20-21,24,26,29-30,44,46,49,55,58,70H,4-7,9-10,12-16,18-19,22-23,25,27-28,31-43,45,47-48,50-54,56-57,59-69H2,1-3H3/b11-8-,20-17-,24-21-,29-26-,44-30-,49-46-,58-55-.